The van der Waals surface area contributed by atoms with Gasteiger partial charge in [-0.3, -0.25) is 0 Å². The summed E-state index contributed by atoms with van der Waals surface area (Å²) in [4.78, 5) is 0. The summed E-state index contributed by atoms with van der Waals surface area (Å²) < 4.78 is 6.21. The zero-order valence-electron chi connectivity index (χ0n) is 10.9. The lowest BCUT2D eigenvalue weighted by Gasteiger charge is -2.27. The largest absolute Gasteiger partial charge is 0.370 e. The van der Waals surface area contributed by atoms with Crippen molar-refractivity contribution in [1.29, 1.82) is 0 Å². The molecule has 0 N–H and O–H groups in total. The van der Waals surface area contributed by atoms with Crippen LogP contribution < -0.4 is 0 Å². The lowest BCUT2D eigenvalue weighted by atomic mass is 9.87. The average molecular weight is 230 g/mol. The molecule has 1 aromatic carbocycles. The second-order valence-corrected chi connectivity index (χ2v) is 5.16. The van der Waals surface area contributed by atoms with Gasteiger partial charge in [-0.15, -0.1) is 0 Å². The van der Waals surface area contributed by atoms with Gasteiger partial charge in [0.15, 0.2) is 0 Å². The first kappa shape index (κ1) is 12.4. The van der Waals surface area contributed by atoms with E-state index in [9.17, 15) is 0 Å². The van der Waals surface area contributed by atoms with E-state index < -0.39 is 0 Å². The molecule has 0 saturated carbocycles. The molecule has 0 bridgehead atoms. The van der Waals surface area contributed by atoms with Crippen molar-refractivity contribution in [2.45, 2.75) is 45.3 Å². The van der Waals surface area contributed by atoms with Crippen molar-refractivity contribution < 1.29 is 4.74 Å². The third-order valence-electron chi connectivity index (χ3n) is 3.63. The van der Waals surface area contributed by atoms with E-state index >= 15 is 0 Å². The van der Waals surface area contributed by atoms with Gasteiger partial charge in [0, 0.05) is 5.92 Å². The van der Waals surface area contributed by atoms with E-state index in [0.717, 1.165) is 6.42 Å². The summed E-state index contributed by atoms with van der Waals surface area (Å²) >= 11 is 0. The van der Waals surface area contributed by atoms with Gasteiger partial charge in [0.1, 0.15) is 0 Å². The van der Waals surface area contributed by atoms with Crippen LogP contribution in [0.5, 0.6) is 0 Å². The van der Waals surface area contributed by atoms with E-state index in [2.05, 4.69) is 50.8 Å². The van der Waals surface area contributed by atoms with Gasteiger partial charge in [-0.05, 0) is 32.3 Å². The molecular formula is C16H22O. The smallest absolute Gasteiger partial charge is 0.0893 e. The highest BCUT2D eigenvalue weighted by Crippen LogP contribution is 2.38. The highest BCUT2D eigenvalue weighted by Gasteiger charge is 2.28. The maximum absolute atomic E-state index is 6.21. The van der Waals surface area contributed by atoms with Gasteiger partial charge in [0.2, 0.25) is 0 Å². The molecule has 0 unspecified atom stereocenters. The Morgan fingerprint density at radius 2 is 1.94 bits per heavy atom. The fourth-order valence-corrected chi connectivity index (χ4v) is 2.65. The molecule has 3 atom stereocenters. The number of ether oxygens (including phenoxy) is 1. The first-order valence-corrected chi connectivity index (χ1v) is 6.54. The van der Waals surface area contributed by atoms with Crippen molar-refractivity contribution in [3.8, 4) is 0 Å². The van der Waals surface area contributed by atoms with Crippen LogP contribution in [0.15, 0.2) is 42.5 Å². The zero-order valence-corrected chi connectivity index (χ0v) is 10.9. The number of hydrogen-bond donors (Lipinski definition) is 0. The Hall–Kier alpha value is -1.08. The summed E-state index contributed by atoms with van der Waals surface area (Å²) in [6.45, 7) is 8.44. The SMILES string of the molecule is C=C(C)[C@@H]1CCC[C@H](C)O[C@@H]1c1ccccc1. The number of rotatable bonds is 2. The molecule has 1 aliphatic rings. The van der Waals surface area contributed by atoms with Crippen LogP contribution in [0.25, 0.3) is 0 Å². The maximum atomic E-state index is 6.21. The summed E-state index contributed by atoms with van der Waals surface area (Å²) in [5, 5.41) is 0. The molecule has 1 aliphatic heterocycles. The Morgan fingerprint density at radius 1 is 1.24 bits per heavy atom. The van der Waals surface area contributed by atoms with E-state index in [1.807, 2.05) is 0 Å². The molecule has 2 rings (SSSR count). The summed E-state index contributed by atoms with van der Waals surface area (Å²) in [7, 11) is 0. The fraction of sp³-hybridized carbons (Fsp3) is 0.500. The Labute approximate surface area is 104 Å². The van der Waals surface area contributed by atoms with Crippen LogP contribution in [-0.2, 0) is 4.74 Å². The third-order valence-corrected chi connectivity index (χ3v) is 3.63. The van der Waals surface area contributed by atoms with Gasteiger partial charge in [0.25, 0.3) is 0 Å². The van der Waals surface area contributed by atoms with Crippen molar-refractivity contribution in [3.63, 3.8) is 0 Å². The summed E-state index contributed by atoms with van der Waals surface area (Å²) in [6, 6.07) is 10.6. The topological polar surface area (TPSA) is 9.23 Å². The molecular weight excluding hydrogens is 208 g/mol. The van der Waals surface area contributed by atoms with Crippen LogP contribution in [-0.4, -0.2) is 6.10 Å². The molecule has 0 amide bonds. The molecule has 0 radical (unpaired) electrons. The molecule has 0 aromatic heterocycles. The summed E-state index contributed by atoms with van der Waals surface area (Å²) in [6.07, 6.45) is 4.13. The Bertz CT molecular complexity index is 368. The minimum atomic E-state index is 0.186. The Kier molecular flexibility index (Phi) is 4.01. The van der Waals surface area contributed by atoms with Crippen molar-refractivity contribution in [2.75, 3.05) is 0 Å². The molecule has 1 heteroatoms. The third kappa shape index (κ3) is 2.98. The Balaban J connectivity index is 2.27. The van der Waals surface area contributed by atoms with E-state index in [1.54, 1.807) is 0 Å². The highest BCUT2D eigenvalue weighted by molar-refractivity contribution is 5.21. The molecule has 1 saturated heterocycles. The van der Waals surface area contributed by atoms with Gasteiger partial charge in [-0.25, -0.2) is 0 Å². The lowest BCUT2D eigenvalue weighted by molar-refractivity contribution is -0.0174. The van der Waals surface area contributed by atoms with Crippen LogP contribution in [0, 0.1) is 5.92 Å². The second-order valence-electron chi connectivity index (χ2n) is 5.16. The predicted molar refractivity (Wildman–Crippen MR) is 71.9 cm³/mol. The van der Waals surface area contributed by atoms with Gasteiger partial charge in [-0.2, -0.15) is 0 Å². The van der Waals surface area contributed by atoms with Crippen LogP contribution in [0.4, 0.5) is 0 Å². The van der Waals surface area contributed by atoms with E-state index in [-0.39, 0.29) is 6.10 Å². The fourth-order valence-electron chi connectivity index (χ4n) is 2.65. The standard InChI is InChI=1S/C16H22O/c1-12(2)15-11-7-8-13(3)17-16(15)14-9-5-4-6-10-14/h4-6,9-10,13,15-16H,1,7-8,11H2,2-3H3/t13-,15-,16+/m0/s1. The van der Waals surface area contributed by atoms with Crippen molar-refractivity contribution in [2.24, 2.45) is 5.92 Å². The molecule has 1 heterocycles. The molecule has 92 valence electrons. The van der Waals surface area contributed by atoms with Crippen LogP contribution in [0.3, 0.4) is 0 Å². The van der Waals surface area contributed by atoms with E-state index in [1.165, 1.54) is 24.0 Å². The molecule has 1 nitrogen and oxygen atoms in total. The monoisotopic (exact) mass is 230 g/mol. The second kappa shape index (κ2) is 5.50. The maximum Gasteiger partial charge on any atom is 0.0893 e. The van der Waals surface area contributed by atoms with Crippen LogP contribution in [0.1, 0.15) is 44.8 Å². The summed E-state index contributed by atoms with van der Waals surface area (Å²) in [5.74, 6) is 0.461. The minimum absolute atomic E-state index is 0.186. The molecule has 0 spiro atoms. The molecule has 17 heavy (non-hydrogen) atoms. The van der Waals surface area contributed by atoms with Crippen molar-refractivity contribution >= 4 is 0 Å². The first-order valence-electron chi connectivity index (χ1n) is 6.54. The van der Waals surface area contributed by atoms with Gasteiger partial charge >= 0.3 is 0 Å². The minimum Gasteiger partial charge on any atom is -0.370 e. The zero-order chi connectivity index (χ0) is 12.3. The summed E-state index contributed by atoms with van der Waals surface area (Å²) in [5.41, 5.74) is 2.53. The van der Waals surface area contributed by atoms with Crippen molar-refractivity contribution in [1.82, 2.24) is 0 Å². The quantitative estimate of drug-likeness (QED) is 0.679. The van der Waals surface area contributed by atoms with Crippen LogP contribution >= 0.6 is 0 Å². The normalized spacial score (nSPS) is 29.6. The number of benzene rings is 1. The molecule has 0 aliphatic carbocycles. The molecule has 1 aromatic rings. The average Bonchev–Trinajstić information content (AvgIpc) is 2.52. The van der Waals surface area contributed by atoms with E-state index in [4.69, 9.17) is 4.74 Å². The first-order chi connectivity index (χ1) is 8.18. The van der Waals surface area contributed by atoms with Crippen LogP contribution in [0.2, 0.25) is 0 Å². The number of hydrogen-bond acceptors (Lipinski definition) is 1. The molecule has 1 fully saturated rings. The van der Waals surface area contributed by atoms with Gasteiger partial charge in [0.05, 0.1) is 12.2 Å². The highest BCUT2D eigenvalue weighted by atomic mass is 16.5. The lowest BCUT2D eigenvalue weighted by Crippen LogP contribution is -2.18. The van der Waals surface area contributed by atoms with Crippen molar-refractivity contribution in [3.05, 3.63) is 48.0 Å². The van der Waals surface area contributed by atoms with E-state index in [0.29, 0.717) is 12.0 Å². The predicted octanol–water partition coefficient (Wildman–Crippen LogP) is 4.51. The van der Waals surface area contributed by atoms with Gasteiger partial charge in [-0.1, -0.05) is 48.9 Å². The Morgan fingerprint density at radius 3 is 2.59 bits per heavy atom. The van der Waals surface area contributed by atoms with Gasteiger partial charge < -0.3 is 4.74 Å².